The molecule has 2 aliphatic heterocycles. The van der Waals surface area contributed by atoms with Gasteiger partial charge in [-0.15, -0.1) is 11.3 Å². The van der Waals surface area contributed by atoms with Gasteiger partial charge in [-0.1, -0.05) is 6.92 Å². The Hall–Kier alpha value is -1.13. The highest BCUT2D eigenvalue weighted by Gasteiger charge is 2.41. The Balaban J connectivity index is 1.59. The van der Waals surface area contributed by atoms with E-state index in [1.807, 2.05) is 17.5 Å². The molecular formula is C15H19N3S. The normalized spacial score (nSPS) is 29.2. The number of imidazole rings is 1. The molecule has 4 heterocycles. The third-order valence-electron chi connectivity index (χ3n) is 4.52. The summed E-state index contributed by atoms with van der Waals surface area (Å²) < 4.78 is 0. The van der Waals surface area contributed by atoms with Gasteiger partial charge in [0.1, 0.15) is 5.82 Å². The number of aryl methyl sites for hydroxylation is 1. The summed E-state index contributed by atoms with van der Waals surface area (Å²) in [6.45, 7) is 2.20. The molecule has 3 nitrogen and oxygen atoms in total. The Morgan fingerprint density at radius 3 is 3.00 bits per heavy atom. The molecule has 0 saturated carbocycles. The first kappa shape index (κ1) is 11.7. The van der Waals surface area contributed by atoms with Gasteiger partial charge in [-0.2, -0.15) is 0 Å². The van der Waals surface area contributed by atoms with Crippen LogP contribution < -0.4 is 5.32 Å². The molecule has 4 rings (SSSR count). The molecule has 2 fully saturated rings. The lowest BCUT2D eigenvalue weighted by Crippen LogP contribution is -2.22. The Morgan fingerprint density at radius 2 is 2.32 bits per heavy atom. The molecule has 2 bridgehead atoms. The van der Waals surface area contributed by atoms with Crippen molar-refractivity contribution < 1.29 is 0 Å². The fourth-order valence-electron chi connectivity index (χ4n) is 3.49. The SMILES string of the molecule is CCc1ccc(-c2cnc(C3CC4CCC3N4)[nH]2)s1. The van der Waals surface area contributed by atoms with Crippen molar-refractivity contribution in [3.05, 3.63) is 29.0 Å². The molecule has 100 valence electrons. The average molecular weight is 273 g/mol. The van der Waals surface area contributed by atoms with Gasteiger partial charge in [0.05, 0.1) is 16.8 Å². The van der Waals surface area contributed by atoms with Gasteiger partial charge in [0, 0.05) is 22.9 Å². The van der Waals surface area contributed by atoms with E-state index in [4.69, 9.17) is 0 Å². The minimum absolute atomic E-state index is 0.595. The number of fused-ring (bicyclic) bond motifs is 2. The maximum absolute atomic E-state index is 4.64. The number of rotatable bonds is 3. The summed E-state index contributed by atoms with van der Waals surface area (Å²) in [4.78, 5) is 10.9. The number of aromatic nitrogens is 2. The number of nitrogens with zero attached hydrogens (tertiary/aromatic N) is 1. The molecule has 19 heavy (non-hydrogen) atoms. The Morgan fingerprint density at radius 1 is 1.37 bits per heavy atom. The van der Waals surface area contributed by atoms with Crippen LogP contribution in [0.3, 0.4) is 0 Å². The lowest BCUT2D eigenvalue weighted by Gasteiger charge is -2.17. The Bertz CT molecular complexity index is 586. The van der Waals surface area contributed by atoms with Gasteiger partial charge in [-0.25, -0.2) is 4.98 Å². The van der Waals surface area contributed by atoms with Gasteiger partial charge in [-0.05, 0) is 37.8 Å². The zero-order valence-electron chi connectivity index (χ0n) is 11.1. The van der Waals surface area contributed by atoms with Gasteiger partial charge in [0.25, 0.3) is 0 Å². The van der Waals surface area contributed by atoms with Crippen LogP contribution in [-0.4, -0.2) is 22.1 Å². The monoisotopic (exact) mass is 273 g/mol. The summed E-state index contributed by atoms with van der Waals surface area (Å²) in [7, 11) is 0. The molecule has 2 N–H and O–H groups in total. The van der Waals surface area contributed by atoms with E-state index in [0.717, 1.165) is 12.5 Å². The standard InChI is InChI=1S/C15H19N3S/c1-2-10-4-6-14(19-10)13-8-16-15(18-13)11-7-9-3-5-12(11)17-9/h4,6,8-9,11-12,17H,2-3,5,7H2,1H3,(H,16,18). The largest absolute Gasteiger partial charge is 0.341 e. The second kappa shape index (κ2) is 4.46. The average Bonchev–Trinajstić information content (AvgIpc) is 3.19. The van der Waals surface area contributed by atoms with E-state index in [2.05, 4.69) is 34.3 Å². The van der Waals surface area contributed by atoms with Crippen LogP contribution in [0.2, 0.25) is 0 Å². The minimum Gasteiger partial charge on any atom is -0.341 e. The van der Waals surface area contributed by atoms with Crippen molar-refractivity contribution in [3.8, 4) is 10.6 Å². The first-order valence-electron chi connectivity index (χ1n) is 7.23. The first-order chi connectivity index (χ1) is 9.33. The van der Waals surface area contributed by atoms with Gasteiger partial charge < -0.3 is 10.3 Å². The summed E-state index contributed by atoms with van der Waals surface area (Å²) in [6.07, 6.45) is 7.03. The van der Waals surface area contributed by atoms with E-state index in [1.54, 1.807) is 0 Å². The summed E-state index contributed by atoms with van der Waals surface area (Å²) in [5.74, 6) is 1.78. The van der Waals surface area contributed by atoms with Crippen LogP contribution >= 0.6 is 11.3 Å². The molecule has 0 aromatic carbocycles. The lowest BCUT2D eigenvalue weighted by molar-refractivity contribution is 0.490. The molecule has 0 amide bonds. The maximum atomic E-state index is 4.64. The number of hydrogen-bond donors (Lipinski definition) is 2. The van der Waals surface area contributed by atoms with Gasteiger partial charge in [0.15, 0.2) is 0 Å². The number of H-pyrrole nitrogens is 1. The van der Waals surface area contributed by atoms with Crippen LogP contribution in [-0.2, 0) is 6.42 Å². The molecule has 0 radical (unpaired) electrons. The molecular weight excluding hydrogens is 254 g/mol. The van der Waals surface area contributed by atoms with Crippen LogP contribution in [0.25, 0.3) is 10.6 Å². The van der Waals surface area contributed by atoms with Crippen molar-refractivity contribution in [3.63, 3.8) is 0 Å². The van der Waals surface area contributed by atoms with Crippen LogP contribution in [0.15, 0.2) is 18.3 Å². The zero-order chi connectivity index (χ0) is 12.8. The Labute approximate surface area is 117 Å². The number of nitrogens with one attached hydrogen (secondary N) is 2. The molecule has 2 aliphatic rings. The summed E-state index contributed by atoms with van der Waals surface area (Å²) >= 11 is 1.87. The molecule has 2 saturated heterocycles. The van der Waals surface area contributed by atoms with Crippen molar-refractivity contribution in [1.29, 1.82) is 0 Å². The fraction of sp³-hybridized carbons (Fsp3) is 0.533. The van der Waals surface area contributed by atoms with E-state index < -0.39 is 0 Å². The van der Waals surface area contributed by atoms with Crippen LogP contribution in [0.1, 0.15) is 42.8 Å². The van der Waals surface area contributed by atoms with E-state index >= 15 is 0 Å². The number of thiophene rings is 1. The van der Waals surface area contributed by atoms with Crippen molar-refractivity contribution in [2.24, 2.45) is 0 Å². The maximum Gasteiger partial charge on any atom is 0.111 e. The number of hydrogen-bond acceptors (Lipinski definition) is 3. The van der Waals surface area contributed by atoms with Crippen molar-refractivity contribution in [2.75, 3.05) is 0 Å². The van der Waals surface area contributed by atoms with E-state index in [1.165, 1.54) is 40.5 Å². The topological polar surface area (TPSA) is 40.7 Å². The van der Waals surface area contributed by atoms with Gasteiger partial charge in [-0.3, -0.25) is 0 Å². The minimum atomic E-state index is 0.595. The smallest absolute Gasteiger partial charge is 0.111 e. The van der Waals surface area contributed by atoms with Gasteiger partial charge >= 0.3 is 0 Å². The number of aromatic amines is 1. The molecule has 0 aliphatic carbocycles. The molecule has 0 spiro atoms. The summed E-state index contributed by atoms with van der Waals surface area (Å²) in [6, 6.07) is 5.81. The summed E-state index contributed by atoms with van der Waals surface area (Å²) in [5, 5.41) is 3.68. The molecule has 3 unspecified atom stereocenters. The predicted octanol–water partition coefficient (Wildman–Crippen LogP) is 3.31. The van der Waals surface area contributed by atoms with Crippen LogP contribution in [0.4, 0.5) is 0 Å². The van der Waals surface area contributed by atoms with Crippen molar-refractivity contribution >= 4 is 11.3 Å². The van der Waals surface area contributed by atoms with Crippen molar-refractivity contribution in [2.45, 2.75) is 50.6 Å². The predicted molar refractivity (Wildman–Crippen MR) is 78.6 cm³/mol. The molecule has 3 atom stereocenters. The third kappa shape index (κ3) is 1.94. The van der Waals surface area contributed by atoms with Gasteiger partial charge in [0.2, 0.25) is 0 Å². The second-order valence-electron chi connectivity index (χ2n) is 5.69. The van der Waals surface area contributed by atoms with Crippen LogP contribution in [0.5, 0.6) is 0 Å². The molecule has 2 aromatic heterocycles. The Kier molecular flexibility index (Phi) is 2.74. The fourth-order valence-corrected chi connectivity index (χ4v) is 4.40. The molecule has 4 heteroatoms. The lowest BCUT2D eigenvalue weighted by atomic mass is 9.89. The highest BCUT2D eigenvalue weighted by atomic mass is 32.1. The molecule has 2 aromatic rings. The highest BCUT2D eigenvalue weighted by Crippen LogP contribution is 2.39. The second-order valence-corrected chi connectivity index (χ2v) is 6.86. The third-order valence-corrected chi connectivity index (χ3v) is 5.79. The van der Waals surface area contributed by atoms with E-state index in [0.29, 0.717) is 12.0 Å². The van der Waals surface area contributed by atoms with E-state index in [-0.39, 0.29) is 0 Å². The van der Waals surface area contributed by atoms with Crippen LogP contribution in [0, 0.1) is 0 Å². The quantitative estimate of drug-likeness (QED) is 0.900. The highest BCUT2D eigenvalue weighted by molar-refractivity contribution is 7.15. The summed E-state index contributed by atoms with van der Waals surface area (Å²) in [5.41, 5.74) is 1.18. The van der Waals surface area contributed by atoms with E-state index in [9.17, 15) is 0 Å². The first-order valence-corrected chi connectivity index (χ1v) is 8.05. The zero-order valence-corrected chi connectivity index (χ0v) is 12.0. The van der Waals surface area contributed by atoms with Crippen molar-refractivity contribution in [1.82, 2.24) is 15.3 Å².